The van der Waals surface area contributed by atoms with Crippen molar-refractivity contribution in [3.8, 4) is 11.8 Å². The van der Waals surface area contributed by atoms with E-state index in [-0.39, 0.29) is 18.6 Å². The number of hydrogen-bond acceptors (Lipinski definition) is 3. The lowest BCUT2D eigenvalue weighted by Crippen LogP contribution is -2.39. The smallest absolute Gasteiger partial charge is 0.258 e. The van der Waals surface area contributed by atoms with Gasteiger partial charge in [-0.2, -0.15) is 5.26 Å². The number of rotatable bonds is 4. The fraction of sp³-hybridized carbons (Fsp3) is 0.500. The SMILES string of the molecule is CC1CCC(NC(=O)COc2ccccc2C#N)CC1. The van der Waals surface area contributed by atoms with Crippen molar-refractivity contribution in [3.63, 3.8) is 0 Å². The van der Waals surface area contributed by atoms with Gasteiger partial charge in [0.25, 0.3) is 5.91 Å². The summed E-state index contributed by atoms with van der Waals surface area (Å²) >= 11 is 0. The molecule has 0 saturated heterocycles. The number of benzene rings is 1. The van der Waals surface area contributed by atoms with Crippen LogP contribution in [-0.2, 0) is 4.79 Å². The molecule has 1 amide bonds. The number of nitriles is 1. The van der Waals surface area contributed by atoms with Crippen LogP contribution in [0.25, 0.3) is 0 Å². The molecule has 1 aromatic carbocycles. The van der Waals surface area contributed by atoms with Gasteiger partial charge in [0.05, 0.1) is 5.56 Å². The first-order chi connectivity index (χ1) is 9.69. The summed E-state index contributed by atoms with van der Waals surface area (Å²) in [5, 5.41) is 11.9. The molecule has 1 saturated carbocycles. The lowest BCUT2D eigenvalue weighted by Gasteiger charge is -2.26. The molecule has 0 spiro atoms. The van der Waals surface area contributed by atoms with Crippen LogP contribution in [0.2, 0.25) is 0 Å². The molecule has 4 nitrogen and oxygen atoms in total. The third-order valence-corrected chi connectivity index (χ3v) is 3.75. The van der Waals surface area contributed by atoms with Gasteiger partial charge >= 0.3 is 0 Å². The Kier molecular flexibility index (Phi) is 5.00. The van der Waals surface area contributed by atoms with Gasteiger partial charge < -0.3 is 10.1 Å². The summed E-state index contributed by atoms with van der Waals surface area (Å²) in [5.74, 6) is 1.11. The Bertz CT molecular complexity index is 499. The molecule has 0 aliphatic heterocycles. The summed E-state index contributed by atoms with van der Waals surface area (Å²) in [5.41, 5.74) is 0.451. The summed E-state index contributed by atoms with van der Waals surface area (Å²) in [6.45, 7) is 2.21. The molecule has 1 aromatic rings. The monoisotopic (exact) mass is 272 g/mol. The van der Waals surface area contributed by atoms with Crippen molar-refractivity contribution in [1.82, 2.24) is 5.32 Å². The quantitative estimate of drug-likeness (QED) is 0.916. The molecule has 1 aliphatic carbocycles. The fourth-order valence-corrected chi connectivity index (χ4v) is 2.50. The summed E-state index contributed by atoms with van der Waals surface area (Å²) < 4.78 is 5.42. The van der Waals surface area contributed by atoms with Crippen LogP contribution in [0.3, 0.4) is 0 Å². The second kappa shape index (κ2) is 6.95. The molecule has 0 bridgehead atoms. The van der Waals surface area contributed by atoms with Gasteiger partial charge in [0.1, 0.15) is 11.8 Å². The molecule has 0 heterocycles. The first-order valence-corrected chi connectivity index (χ1v) is 7.10. The predicted octanol–water partition coefficient (Wildman–Crippen LogP) is 2.63. The Balaban J connectivity index is 1.79. The van der Waals surface area contributed by atoms with Crippen molar-refractivity contribution < 1.29 is 9.53 Å². The molecule has 1 aliphatic rings. The molecule has 4 heteroatoms. The van der Waals surface area contributed by atoms with Gasteiger partial charge in [-0.25, -0.2) is 0 Å². The van der Waals surface area contributed by atoms with E-state index in [0.717, 1.165) is 18.8 Å². The van der Waals surface area contributed by atoms with Gasteiger partial charge in [-0.3, -0.25) is 4.79 Å². The zero-order valence-electron chi connectivity index (χ0n) is 11.8. The number of nitrogens with zero attached hydrogens (tertiary/aromatic N) is 1. The number of nitrogens with one attached hydrogen (secondary N) is 1. The number of amides is 1. The average molecular weight is 272 g/mol. The van der Waals surface area contributed by atoms with Crippen LogP contribution >= 0.6 is 0 Å². The summed E-state index contributed by atoms with van der Waals surface area (Å²) in [4.78, 5) is 11.8. The van der Waals surface area contributed by atoms with Gasteiger partial charge in [0.15, 0.2) is 6.61 Å². The Morgan fingerprint density at radius 2 is 2.05 bits per heavy atom. The topological polar surface area (TPSA) is 62.1 Å². The molecular formula is C16H20N2O2. The molecule has 0 atom stereocenters. The maximum atomic E-state index is 11.8. The van der Waals surface area contributed by atoms with Crippen LogP contribution in [0.5, 0.6) is 5.75 Å². The highest BCUT2D eigenvalue weighted by molar-refractivity contribution is 5.77. The summed E-state index contributed by atoms with van der Waals surface area (Å²) in [6, 6.07) is 9.26. The average Bonchev–Trinajstić information content (AvgIpc) is 2.48. The maximum absolute atomic E-state index is 11.8. The van der Waals surface area contributed by atoms with Crippen LogP contribution < -0.4 is 10.1 Å². The molecule has 0 radical (unpaired) electrons. The molecule has 2 rings (SSSR count). The summed E-state index contributed by atoms with van der Waals surface area (Å²) in [7, 11) is 0. The fourth-order valence-electron chi connectivity index (χ4n) is 2.50. The van der Waals surface area contributed by atoms with Crippen LogP contribution in [0, 0.1) is 17.2 Å². The largest absolute Gasteiger partial charge is 0.482 e. The van der Waals surface area contributed by atoms with E-state index >= 15 is 0 Å². The van der Waals surface area contributed by atoms with Crippen LogP contribution in [0.4, 0.5) is 0 Å². The van der Waals surface area contributed by atoms with E-state index in [1.807, 2.05) is 6.07 Å². The molecule has 1 N–H and O–H groups in total. The highest BCUT2D eigenvalue weighted by Gasteiger charge is 2.19. The van der Waals surface area contributed by atoms with Gasteiger partial charge in [0.2, 0.25) is 0 Å². The number of carbonyl (C=O) groups is 1. The normalized spacial score (nSPS) is 21.8. The van der Waals surface area contributed by atoms with Gasteiger partial charge in [-0.1, -0.05) is 19.1 Å². The Labute approximate surface area is 119 Å². The Morgan fingerprint density at radius 3 is 2.75 bits per heavy atom. The first-order valence-electron chi connectivity index (χ1n) is 7.10. The zero-order chi connectivity index (χ0) is 14.4. The molecule has 1 fully saturated rings. The maximum Gasteiger partial charge on any atom is 0.258 e. The number of carbonyl (C=O) groups excluding carboxylic acids is 1. The third kappa shape index (κ3) is 3.99. The van der Waals surface area contributed by atoms with Crippen molar-refractivity contribution >= 4 is 5.91 Å². The number of ether oxygens (including phenoxy) is 1. The molecular weight excluding hydrogens is 252 g/mol. The van der Waals surface area contributed by atoms with E-state index in [0.29, 0.717) is 11.3 Å². The van der Waals surface area contributed by atoms with E-state index in [1.54, 1.807) is 24.3 Å². The highest BCUT2D eigenvalue weighted by Crippen LogP contribution is 2.23. The molecule has 106 valence electrons. The van der Waals surface area contributed by atoms with E-state index in [2.05, 4.69) is 12.2 Å². The number of hydrogen-bond donors (Lipinski definition) is 1. The molecule has 0 unspecified atom stereocenters. The van der Waals surface area contributed by atoms with Gasteiger partial charge in [0, 0.05) is 6.04 Å². The molecule has 20 heavy (non-hydrogen) atoms. The standard InChI is InChI=1S/C16H20N2O2/c1-12-6-8-14(9-7-12)18-16(19)11-20-15-5-3-2-4-13(15)10-17/h2-5,12,14H,6-9,11H2,1H3,(H,18,19). The highest BCUT2D eigenvalue weighted by atomic mass is 16.5. The third-order valence-electron chi connectivity index (χ3n) is 3.75. The Morgan fingerprint density at radius 1 is 1.35 bits per heavy atom. The second-order valence-electron chi connectivity index (χ2n) is 5.42. The zero-order valence-corrected chi connectivity index (χ0v) is 11.8. The van der Waals surface area contributed by atoms with Crippen molar-refractivity contribution in [1.29, 1.82) is 5.26 Å². The number of para-hydroxylation sites is 1. The minimum Gasteiger partial charge on any atom is -0.482 e. The van der Waals surface area contributed by atoms with Crippen molar-refractivity contribution in [2.24, 2.45) is 5.92 Å². The van der Waals surface area contributed by atoms with Crippen LogP contribution in [0.15, 0.2) is 24.3 Å². The van der Waals surface area contributed by atoms with Crippen molar-refractivity contribution in [2.75, 3.05) is 6.61 Å². The minimum atomic E-state index is -0.114. The van der Waals surface area contributed by atoms with Gasteiger partial charge in [-0.15, -0.1) is 0 Å². The van der Waals surface area contributed by atoms with Crippen LogP contribution in [-0.4, -0.2) is 18.6 Å². The van der Waals surface area contributed by atoms with E-state index < -0.39 is 0 Å². The van der Waals surface area contributed by atoms with E-state index in [9.17, 15) is 4.79 Å². The lowest BCUT2D eigenvalue weighted by molar-refractivity contribution is -0.124. The predicted molar refractivity (Wildman–Crippen MR) is 76.2 cm³/mol. The van der Waals surface area contributed by atoms with Crippen LogP contribution in [0.1, 0.15) is 38.2 Å². The Hall–Kier alpha value is -2.02. The minimum absolute atomic E-state index is 0.0370. The van der Waals surface area contributed by atoms with Crippen molar-refractivity contribution in [3.05, 3.63) is 29.8 Å². The van der Waals surface area contributed by atoms with E-state index in [1.165, 1.54) is 12.8 Å². The molecule has 0 aromatic heterocycles. The van der Waals surface area contributed by atoms with Gasteiger partial charge in [-0.05, 0) is 43.7 Å². The lowest BCUT2D eigenvalue weighted by atomic mass is 9.87. The van der Waals surface area contributed by atoms with Crippen molar-refractivity contribution in [2.45, 2.75) is 38.6 Å². The first kappa shape index (κ1) is 14.4. The van der Waals surface area contributed by atoms with E-state index in [4.69, 9.17) is 10.00 Å². The second-order valence-corrected chi connectivity index (χ2v) is 5.42. The summed E-state index contributed by atoms with van der Waals surface area (Å²) in [6.07, 6.45) is 4.43.